The third kappa shape index (κ3) is 1.98. The number of carbonyl (C=O) groups is 1. The third-order valence-electron chi connectivity index (χ3n) is 2.61. The minimum Gasteiger partial charge on any atom is -0.326 e. The second kappa shape index (κ2) is 4.21. The number of rotatable bonds is 2. The lowest BCUT2D eigenvalue weighted by Crippen LogP contribution is -2.24. The fourth-order valence-electron chi connectivity index (χ4n) is 1.80. The lowest BCUT2D eigenvalue weighted by atomic mass is 10.2. The van der Waals surface area contributed by atoms with Crippen LogP contribution in [0, 0.1) is 0 Å². The molecule has 0 radical (unpaired) electrons. The molecule has 0 unspecified atom stereocenters. The Bertz CT molecular complexity index is 392. The highest BCUT2D eigenvalue weighted by atomic mass is 35.5. The van der Waals surface area contributed by atoms with Gasteiger partial charge in [-0.3, -0.25) is 4.79 Å². The monoisotopic (exact) mass is 224 g/mol. The van der Waals surface area contributed by atoms with Crippen molar-refractivity contribution in [3.05, 3.63) is 28.8 Å². The highest BCUT2D eigenvalue weighted by Gasteiger charge is 2.23. The quantitative estimate of drug-likeness (QED) is 0.835. The number of amides is 1. The van der Waals surface area contributed by atoms with Crippen molar-refractivity contribution in [2.45, 2.75) is 19.4 Å². The number of hydrogen-bond donors (Lipinski definition) is 1. The molecule has 0 atom stereocenters. The minimum absolute atomic E-state index is 0.150. The molecule has 2 rings (SSSR count). The first-order valence-corrected chi connectivity index (χ1v) is 5.39. The molecule has 1 aliphatic heterocycles. The number of halogens is 1. The number of benzene rings is 1. The molecule has 0 aliphatic carbocycles. The zero-order valence-corrected chi connectivity index (χ0v) is 9.13. The van der Waals surface area contributed by atoms with Crippen LogP contribution < -0.4 is 10.6 Å². The van der Waals surface area contributed by atoms with E-state index in [0.717, 1.165) is 24.2 Å². The van der Waals surface area contributed by atoms with Crippen molar-refractivity contribution in [3.63, 3.8) is 0 Å². The Hall–Kier alpha value is -1.06. The van der Waals surface area contributed by atoms with Gasteiger partial charge in [0.1, 0.15) is 0 Å². The number of nitrogens with zero attached hydrogens (tertiary/aromatic N) is 1. The largest absolute Gasteiger partial charge is 0.326 e. The van der Waals surface area contributed by atoms with Crippen molar-refractivity contribution in [2.24, 2.45) is 5.73 Å². The average molecular weight is 225 g/mol. The summed E-state index contributed by atoms with van der Waals surface area (Å²) in [6.45, 7) is 1.23. The molecule has 1 aromatic carbocycles. The van der Waals surface area contributed by atoms with Gasteiger partial charge < -0.3 is 10.6 Å². The molecule has 80 valence electrons. The van der Waals surface area contributed by atoms with Crippen LogP contribution in [-0.4, -0.2) is 12.5 Å². The van der Waals surface area contributed by atoms with Crippen LogP contribution in [0.3, 0.4) is 0 Å². The van der Waals surface area contributed by atoms with Crippen LogP contribution >= 0.6 is 11.6 Å². The highest BCUT2D eigenvalue weighted by Crippen LogP contribution is 2.29. The van der Waals surface area contributed by atoms with E-state index in [1.54, 1.807) is 4.90 Å². The van der Waals surface area contributed by atoms with Crippen LogP contribution in [0.5, 0.6) is 0 Å². The van der Waals surface area contributed by atoms with Gasteiger partial charge >= 0.3 is 0 Å². The van der Waals surface area contributed by atoms with Crippen molar-refractivity contribution in [3.8, 4) is 0 Å². The van der Waals surface area contributed by atoms with E-state index < -0.39 is 0 Å². The molecule has 1 amide bonds. The van der Waals surface area contributed by atoms with E-state index >= 15 is 0 Å². The molecule has 3 nitrogen and oxygen atoms in total. The maximum Gasteiger partial charge on any atom is 0.227 e. The predicted octanol–water partition coefficient (Wildman–Crippen LogP) is 1.93. The van der Waals surface area contributed by atoms with E-state index in [0.29, 0.717) is 18.0 Å². The predicted molar refractivity (Wildman–Crippen MR) is 60.9 cm³/mol. The maximum absolute atomic E-state index is 11.5. The molecule has 15 heavy (non-hydrogen) atoms. The van der Waals surface area contributed by atoms with Gasteiger partial charge in [-0.2, -0.15) is 0 Å². The first-order chi connectivity index (χ1) is 7.22. The summed E-state index contributed by atoms with van der Waals surface area (Å²) < 4.78 is 0. The average Bonchev–Trinajstić information content (AvgIpc) is 2.64. The van der Waals surface area contributed by atoms with E-state index in [-0.39, 0.29) is 5.91 Å². The molecular formula is C11H13ClN2O. The van der Waals surface area contributed by atoms with Gasteiger partial charge in [-0.1, -0.05) is 17.7 Å². The molecule has 0 bridgehead atoms. The highest BCUT2D eigenvalue weighted by molar-refractivity contribution is 6.34. The van der Waals surface area contributed by atoms with Gasteiger partial charge in [0.05, 0.1) is 10.7 Å². The van der Waals surface area contributed by atoms with Crippen molar-refractivity contribution < 1.29 is 4.79 Å². The van der Waals surface area contributed by atoms with Gasteiger partial charge in [0.25, 0.3) is 0 Å². The van der Waals surface area contributed by atoms with Crippen LogP contribution in [0.25, 0.3) is 0 Å². The summed E-state index contributed by atoms with van der Waals surface area (Å²) in [6.07, 6.45) is 1.53. The lowest BCUT2D eigenvalue weighted by molar-refractivity contribution is -0.117. The Morgan fingerprint density at radius 2 is 2.27 bits per heavy atom. The van der Waals surface area contributed by atoms with Crippen LogP contribution in [0.15, 0.2) is 18.2 Å². The Labute approximate surface area is 93.8 Å². The lowest BCUT2D eigenvalue weighted by Gasteiger charge is -2.17. The molecule has 4 heteroatoms. The van der Waals surface area contributed by atoms with E-state index in [2.05, 4.69) is 0 Å². The number of carbonyl (C=O) groups excluding carboxylic acids is 1. The van der Waals surface area contributed by atoms with Gasteiger partial charge in [0.2, 0.25) is 5.91 Å². The first-order valence-electron chi connectivity index (χ1n) is 5.01. The van der Waals surface area contributed by atoms with Crippen molar-refractivity contribution in [1.29, 1.82) is 0 Å². The zero-order valence-electron chi connectivity index (χ0n) is 8.37. The summed E-state index contributed by atoms with van der Waals surface area (Å²) in [7, 11) is 0. The van der Waals surface area contributed by atoms with E-state index in [9.17, 15) is 4.79 Å². The second-order valence-corrected chi connectivity index (χ2v) is 4.05. The van der Waals surface area contributed by atoms with Gasteiger partial charge in [-0.25, -0.2) is 0 Å². The van der Waals surface area contributed by atoms with Crippen LogP contribution in [-0.2, 0) is 11.3 Å². The van der Waals surface area contributed by atoms with Crippen molar-refractivity contribution >= 4 is 23.2 Å². The molecule has 1 aromatic rings. The summed E-state index contributed by atoms with van der Waals surface area (Å²) >= 11 is 6.10. The number of anilines is 1. The number of nitrogens with two attached hydrogens (primary N) is 1. The summed E-state index contributed by atoms with van der Waals surface area (Å²) in [4.78, 5) is 13.3. The number of hydrogen-bond acceptors (Lipinski definition) is 2. The Balaban J connectivity index is 2.32. The molecule has 1 fully saturated rings. The van der Waals surface area contributed by atoms with Gasteiger partial charge in [-0.05, 0) is 24.1 Å². The van der Waals surface area contributed by atoms with E-state index in [1.807, 2.05) is 18.2 Å². The minimum atomic E-state index is 0.150. The molecule has 1 aliphatic rings. The topological polar surface area (TPSA) is 46.3 Å². The molecular weight excluding hydrogens is 212 g/mol. The molecule has 2 N–H and O–H groups in total. The molecule has 0 spiro atoms. The summed E-state index contributed by atoms with van der Waals surface area (Å²) in [5, 5.41) is 0.605. The molecule has 0 saturated carbocycles. The van der Waals surface area contributed by atoms with Crippen LogP contribution in [0.2, 0.25) is 5.02 Å². The molecule has 1 saturated heterocycles. The maximum atomic E-state index is 11.5. The fraction of sp³-hybridized carbons (Fsp3) is 0.364. The summed E-state index contributed by atoms with van der Waals surface area (Å²) in [5.74, 6) is 0.150. The first kappa shape index (κ1) is 10.5. The SMILES string of the molecule is NCc1ccc(N2CCCC2=O)c(Cl)c1. The van der Waals surface area contributed by atoms with Gasteiger partial charge in [-0.15, -0.1) is 0 Å². The zero-order chi connectivity index (χ0) is 10.8. The smallest absolute Gasteiger partial charge is 0.227 e. The van der Waals surface area contributed by atoms with Crippen molar-refractivity contribution in [2.75, 3.05) is 11.4 Å². The Kier molecular flexibility index (Phi) is 2.93. The van der Waals surface area contributed by atoms with Gasteiger partial charge in [0, 0.05) is 19.5 Å². The summed E-state index contributed by atoms with van der Waals surface area (Å²) in [5.41, 5.74) is 7.29. The molecule has 0 aromatic heterocycles. The van der Waals surface area contributed by atoms with E-state index in [1.165, 1.54) is 0 Å². The normalized spacial score (nSPS) is 16.1. The second-order valence-electron chi connectivity index (χ2n) is 3.64. The fourth-order valence-corrected chi connectivity index (χ4v) is 2.10. The van der Waals surface area contributed by atoms with Crippen molar-refractivity contribution in [1.82, 2.24) is 0 Å². The summed E-state index contributed by atoms with van der Waals surface area (Å²) in [6, 6.07) is 5.60. The van der Waals surface area contributed by atoms with Crippen LogP contribution in [0.4, 0.5) is 5.69 Å². The third-order valence-corrected chi connectivity index (χ3v) is 2.91. The standard InChI is InChI=1S/C11H13ClN2O/c12-9-6-8(7-13)3-4-10(9)14-5-1-2-11(14)15/h3-4,6H,1-2,5,7,13H2. The van der Waals surface area contributed by atoms with Gasteiger partial charge in [0.15, 0.2) is 0 Å². The van der Waals surface area contributed by atoms with Crippen LogP contribution in [0.1, 0.15) is 18.4 Å². The van der Waals surface area contributed by atoms with E-state index in [4.69, 9.17) is 17.3 Å². The Morgan fingerprint density at radius 3 is 2.80 bits per heavy atom. The molecule has 1 heterocycles. The Morgan fingerprint density at radius 1 is 1.47 bits per heavy atom.